The summed E-state index contributed by atoms with van der Waals surface area (Å²) in [6, 6.07) is 7.31. The number of ketones is 1. The van der Waals surface area contributed by atoms with Gasteiger partial charge < -0.3 is 9.47 Å². The Morgan fingerprint density at radius 3 is 2.25 bits per heavy atom. The topological polar surface area (TPSA) is 69.7 Å². The van der Waals surface area contributed by atoms with Crippen LogP contribution in [0.3, 0.4) is 0 Å². The summed E-state index contributed by atoms with van der Waals surface area (Å²) >= 11 is 0. The molecular weight excluding hydrogens is 308 g/mol. The molecule has 0 aromatic heterocycles. The maximum Gasteiger partial charge on any atom is 0.327 e. The monoisotopic (exact) mass is 328 g/mol. The molecular formula is C19H20O5. The van der Waals surface area contributed by atoms with Crippen molar-refractivity contribution >= 4 is 23.3 Å². The molecule has 1 atom stereocenters. The van der Waals surface area contributed by atoms with Gasteiger partial charge in [-0.15, -0.1) is 0 Å². The molecule has 0 bridgehead atoms. The maximum absolute atomic E-state index is 12.6. The zero-order valence-corrected chi connectivity index (χ0v) is 13.8. The number of esters is 2. The molecule has 0 N–H and O–H groups in total. The third-order valence-corrected chi connectivity index (χ3v) is 4.66. The lowest BCUT2D eigenvalue weighted by Gasteiger charge is -2.25. The molecule has 5 heteroatoms. The van der Waals surface area contributed by atoms with Crippen LogP contribution in [-0.2, 0) is 19.1 Å². The Morgan fingerprint density at radius 1 is 1.08 bits per heavy atom. The van der Waals surface area contributed by atoms with E-state index in [1.165, 1.54) is 0 Å². The summed E-state index contributed by atoms with van der Waals surface area (Å²) in [5.41, 5.74) is 0.855. The van der Waals surface area contributed by atoms with Gasteiger partial charge in [0.15, 0.2) is 11.2 Å². The number of carbonyl (C=O) groups excluding carboxylic acids is 3. The van der Waals surface area contributed by atoms with E-state index in [0.717, 1.165) is 11.1 Å². The molecule has 0 heterocycles. The summed E-state index contributed by atoms with van der Waals surface area (Å²) in [6.45, 7) is 3.77. The summed E-state index contributed by atoms with van der Waals surface area (Å²) in [5, 5.41) is 0. The van der Waals surface area contributed by atoms with Crippen LogP contribution in [0.4, 0.5) is 0 Å². The largest absolute Gasteiger partial charge is 0.465 e. The van der Waals surface area contributed by atoms with Crippen molar-refractivity contribution in [1.82, 2.24) is 0 Å². The van der Waals surface area contributed by atoms with Crippen molar-refractivity contribution in [3.63, 3.8) is 0 Å². The normalized spacial score (nSPS) is 20.7. The molecule has 2 aliphatic carbocycles. The van der Waals surface area contributed by atoms with Gasteiger partial charge in [0, 0.05) is 12.0 Å². The van der Waals surface area contributed by atoms with Crippen molar-refractivity contribution in [1.29, 1.82) is 0 Å². The average Bonchev–Trinajstić information content (AvgIpc) is 2.97. The Labute approximate surface area is 140 Å². The van der Waals surface area contributed by atoms with Gasteiger partial charge in [0.2, 0.25) is 0 Å². The van der Waals surface area contributed by atoms with Crippen LogP contribution in [-0.4, -0.2) is 30.9 Å². The zero-order chi connectivity index (χ0) is 17.3. The van der Waals surface area contributed by atoms with Crippen molar-refractivity contribution in [2.75, 3.05) is 13.2 Å². The fraction of sp³-hybridized carbons (Fsp3) is 0.421. The Hall–Kier alpha value is -2.43. The quantitative estimate of drug-likeness (QED) is 0.628. The number of Topliss-reactive ketones (excluding diaryl/α,β-unsaturated/α-hetero) is 1. The first-order chi connectivity index (χ1) is 11.5. The fourth-order valence-corrected chi connectivity index (χ4v) is 3.62. The van der Waals surface area contributed by atoms with Gasteiger partial charge in [-0.1, -0.05) is 30.3 Å². The SMILES string of the molecule is CCOC(=O)C1(C(=O)OCC)C=C2c3ccccc3C(=O)CC2C1. The van der Waals surface area contributed by atoms with Crippen molar-refractivity contribution < 1.29 is 23.9 Å². The van der Waals surface area contributed by atoms with Gasteiger partial charge in [0.25, 0.3) is 0 Å². The molecule has 3 rings (SSSR count). The van der Waals surface area contributed by atoms with Crippen molar-refractivity contribution in [3.05, 3.63) is 41.5 Å². The lowest BCUT2D eigenvalue weighted by atomic mass is 9.78. The first-order valence-electron chi connectivity index (χ1n) is 8.23. The van der Waals surface area contributed by atoms with E-state index in [9.17, 15) is 14.4 Å². The van der Waals surface area contributed by atoms with E-state index in [2.05, 4.69) is 0 Å². The van der Waals surface area contributed by atoms with Crippen molar-refractivity contribution in [2.24, 2.45) is 11.3 Å². The standard InChI is InChI=1S/C19H20O5/c1-3-23-17(21)19(18(22)24-4-2)10-12-9-16(20)14-8-6-5-7-13(14)15(12)11-19/h5-8,11-12H,3-4,9-10H2,1-2H3. The van der Waals surface area contributed by atoms with E-state index in [1.54, 1.807) is 26.0 Å². The highest BCUT2D eigenvalue weighted by Crippen LogP contribution is 2.50. The molecule has 0 aliphatic heterocycles. The molecule has 0 spiro atoms. The van der Waals surface area contributed by atoms with E-state index >= 15 is 0 Å². The zero-order valence-electron chi connectivity index (χ0n) is 13.8. The van der Waals surface area contributed by atoms with Crippen molar-refractivity contribution in [2.45, 2.75) is 26.7 Å². The fourth-order valence-electron chi connectivity index (χ4n) is 3.62. The van der Waals surface area contributed by atoms with Crippen LogP contribution >= 0.6 is 0 Å². The Balaban J connectivity index is 2.09. The number of benzene rings is 1. The lowest BCUT2D eigenvalue weighted by Crippen LogP contribution is -2.39. The number of rotatable bonds is 4. The Bertz CT molecular complexity index is 713. The number of hydrogen-bond donors (Lipinski definition) is 0. The summed E-state index contributed by atoms with van der Waals surface area (Å²) in [5.74, 6) is -1.33. The summed E-state index contributed by atoms with van der Waals surface area (Å²) in [7, 11) is 0. The second-order valence-corrected chi connectivity index (χ2v) is 6.09. The Kier molecular flexibility index (Phi) is 4.26. The first-order valence-corrected chi connectivity index (χ1v) is 8.23. The van der Waals surface area contributed by atoms with E-state index in [0.29, 0.717) is 12.0 Å². The van der Waals surface area contributed by atoms with Gasteiger partial charge in [-0.3, -0.25) is 14.4 Å². The molecule has 0 saturated carbocycles. The molecule has 0 saturated heterocycles. The first kappa shape index (κ1) is 16.4. The number of hydrogen-bond acceptors (Lipinski definition) is 5. The summed E-state index contributed by atoms with van der Waals surface area (Å²) in [4.78, 5) is 37.5. The van der Waals surface area contributed by atoms with Crippen LogP contribution in [0.15, 0.2) is 30.3 Å². The predicted octanol–water partition coefficient (Wildman–Crippen LogP) is 2.79. The van der Waals surface area contributed by atoms with E-state index in [4.69, 9.17) is 9.47 Å². The van der Waals surface area contributed by atoms with Gasteiger partial charge >= 0.3 is 11.9 Å². The molecule has 1 aromatic rings. The number of fused-ring (bicyclic) bond motifs is 3. The molecule has 126 valence electrons. The Morgan fingerprint density at radius 2 is 1.67 bits per heavy atom. The van der Waals surface area contributed by atoms with Crippen LogP contribution in [0.25, 0.3) is 5.57 Å². The van der Waals surface area contributed by atoms with Gasteiger partial charge in [-0.25, -0.2) is 0 Å². The van der Waals surface area contributed by atoms with Gasteiger partial charge in [-0.05, 0) is 37.3 Å². The smallest absolute Gasteiger partial charge is 0.327 e. The predicted molar refractivity (Wildman–Crippen MR) is 87.2 cm³/mol. The number of ether oxygens (including phenoxy) is 2. The van der Waals surface area contributed by atoms with Gasteiger partial charge in [0.05, 0.1) is 13.2 Å². The number of allylic oxidation sites excluding steroid dienone is 1. The van der Waals surface area contributed by atoms with Crippen LogP contribution in [0.5, 0.6) is 0 Å². The van der Waals surface area contributed by atoms with Gasteiger partial charge in [0.1, 0.15) is 0 Å². The lowest BCUT2D eigenvalue weighted by molar-refractivity contribution is -0.168. The van der Waals surface area contributed by atoms with Crippen LogP contribution in [0.2, 0.25) is 0 Å². The minimum Gasteiger partial charge on any atom is -0.465 e. The average molecular weight is 328 g/mol. The molecule has 0 fully saturated rings. The molecule has 5 nitrogen and oxygen atoms in total. The van der Waals surface area contributed by atoms with E-state index < -0.39 is 17.4 Å². The van der Waals surface area contributed by atoms with Crippen molar-refractivity contribution in [3.8, 4) is 0 Å². The molecule has 24 heavy (non-hydrogen) atoms. The summed E-state index contributed by atoms with van der Waals surface area (Å²) < 4.78 is 10.3. The number of carbonyl (C=O) groups is 3. The highest BCUT2D eigenvalue weighted by atomic mass is 16.6. The molecule has 0 radical (unpaired) electrons. The van der Waals surface area contributed by atoms with E-state index in [-0.39, 0.29) is 31.3 Å². The van der Waals surface area contributed by atoms with E-state index in [1.807, 2.05) is 18.2 Å². The maximum atomic E-state index is 12.6. The molecule has 2 aliphatic rings. The third-order valence-electron chi connectivity index (χ3n) is 4.66. The molecule has 1 unspecified atom stereocenters. The second kappa shape index (κ2) is 6.23. The van der Waals surface area contributed by atoms with Crippen LogP contribution < -0.4 is 0 Å². The summed E-state index contributed by atoms with van der Waals surface area (Å²) in [6.07, 6.45) is 2.18. The minimum absolute atomic E-state index is 0.0382. The molecule has 0 amide bonds. The van der Waals surface area contributed by atoms with Gasteiger partial charge in [-0.2, -0.15) is 0 Å². The van der Waals surface area contributed by atoms with Crippen LogP contribution in [0.1, 0.15) is 42.6 Å². The third kappa shape index (κ3) is 2.44. The highest BCUT2D eigenvalue weighted by molar-refractivity contribution is 6.10. The highest BCUT2D eigenvalue weighted by Gasteiger charge is 2.54. The minimum atomic E-state index is -1.45. The van der Waals surface area contributed by atoms with Crippen LogP contribution in [0, 0.1) is 11.3 Å². The second-order valence-electron chi connectivity index (χ2n) is 6.09. The molecule has 1 aromatic carbocycles.